The maximum atomic E-state index is 13.0. The van der Waals surface area contributed by atoms with Crippen LogP contribution in [0.1, 0.15) is 5.69 Å². The van der Waals surface area contributed by atoms with Gasteiger partial charge < -0.3 is 4.74 Å². The van der Waals surface area contributed by atoms with Crippen molar-refractivity contribution >= 4 is 27.4 Å². The first-order valence-electron chi connectivity index (χ1n) is 6.17. The molecule has 22 heavy (non-hydrogen) atoms. The molecule has 1 aromatic heterocycles. The van der Waals surface area contributed by atoms with Gasteiger partial charge in [0.2, 0.25) is 6.19 Å². The topological polar surface area (TPSA) is 75.3 Å². The van der Waals surface area contributed by atoms with E-state index in [0.29, 0.717) is 21.4 Å². The lowest BCUT2D eigenvalue weighted by molar-refractivity contribution is 0.404. The highest BCUT2D eigenvalue weighted by atomic mass is 35.5. The lowest BCUT2D eigenvalue weighted by atomic mass is 10.3. The molecule has 0 spiro atoms. The Hall–Kier alpha value is -2.36. The largest absolute Gasteiger partial charge is 0.495 e. The van der Waals surface area contributed by atoms with Gasteiger partial charge in [-0.3, -0.25) is 4.98 Å². The molecule has 7 heteroatoms. The zero-order chi connectivity index (χ0) is 16.0. The molecule has 1 aromatic carbocycles. The molecule has 0 aliphatic heterocycles. The molecule has 1 heterocycles. The second kappa shape index (κ2) is 7.07. The number of nitriles is 1. The van der Waals surface area contributed by atoms with E-state index in [2.05, 4.69) is 9.35 Å². The first kappa shape index (κ1) is 16.0. The van der Waals surface area contributed by atoms with Crippen molar-refractivity contribution in [3.8, 4) is 11.9 Å². The SMILES string of the molecule is COc1ccccc1S(=O)(/C=C/c1ncccc1Cl)=NC#N. The van der Waals surface area contributed by atoms with Gasteiger partial charge in [0.05, 0.1) is 22.7 Å². The predicted molar refractivity (Wildman–Crippen MR) is 85.7 cm³/mol. The lowest BCUT2D eigenvalue weighted by Crippen LogP contribution is -1.99. The van der Waals surface area contributed by atoms with E-state index in [4.69, 9.17) is 21.6 Å². The molecule has 5 nitrogen and oxygen atoms in total. The molecular weight excluding hydrogens is 322 g/mol. The summed E-state index contributed by atoms with van der Waals surface area (Å²) in [5, 5.41) is 10.6. The first-order chi connectivity index (χ1) is 10.6. The third-order valence-electron chi connectivity index (χ3n) is 2.76. The van der Waals surface area contributed by atoms with Crippen molar-refractivity contribution in [3.05, 3.63) is 58.7 Å². The van der Waals surface area contributed by atoms with Crippen LogP contribution in [0.25, 0.3) is 6.08 Å². The van der Waals surface area contributed by atoms with Crippen LogP contribution in [0, 0.1) is 11.5 Å². The average Bonchev–Trinajstić information content (AvgIpc) is 2.54. The fraction of sp³-hybridized carbons (Fsp3) is 0.0667. The van der Waals surface area contributed by atoms with Gasteiger partial charge in [0.15, 0.2) is 0 Å². The number of nitrogens with zero attached hydrogens (tertiary/aromatic N) is 3. The highest BCUT2D eigenvalue weighted by Gasteiger charge is 2.15. The molecule has 0 fully saturated rings. The van der Waals surface area contributed by atoms with E-state index >= 15 is 0 Å². The molecule has 0 radical (unpaired) electrons. The Kier molecular flexibility index (Phi) is 5.15. The quantitative estimate of drug-likeness (QED) is 0.799. The molecule has 0 saturated carbocycles. The van der Waals surface area contributed by atoms with Crippen LogP contribution in [0.15, 0.2) is 57.3 Å². The number of halogens is 1. The summed E-state index contributed by atoms with van der Waals surface area (Å²) in [6, 6.07) is 10.1. The maximum absolute atomic E-state index is 13.0. The maximum Gasteiger partial charge on any atom is 0.215 e. The van der Waals surface area contributed by atoms with Crippen LogP contribution in [0.4, 0.5) is 0 Å². The monoisotopic (exact) mass is 333 g/mol. The second-order valence-corrected chi connectivity index (χ2v) is 6.52. The zero-order valence-electron chi connectivity index (χ0n) is 11.6. The van der Waals surface area contributed by atoms with Crippen LogP contribution >= 0.6 is 11.6 Å². The van der Waals surface area contributed by atoms with Gasteiger partial charge >= 0.3 is 0 Å². The van der Waals surface area contributed by atoms with Crippen molar-refractivity contribution in [2.75, 3.05) is 7.11 Å². The van der Waals surface area contributed by atoms with Crippen LogP contribution in [0.3, 0.4) is 0 Å². The molecule has 0 saturated heterocycles. The van der Waals surface area contributed by atoms with Crippen LogP contribution < -0.4 is 4.74 Å². The number of methoxy groups -OCH3 is 1. The fourth-order valence-corrected chi connectivity index (χ4v) is 3.39. The van der Waals surface area contributed by atoms with Gasteiger partial charge in [0, 0.05) is 11.6 Å². The van der Waals surface area contributed by atoms with Crippen molar-refractivity contribution in [2.45, 2.75) is 4.90 Å². The van der Waals surface area contributed by atoms with Crippen molar-refractivity contribution in [1.82, 2.24) is 4.98 Å². The number of para-hydroxylation sites is 1. The Morgan fingerprint density at radius 2 is 2.14 bits per heavy atom. The van der Waals surface area contributed by atoms with Gasteiger partial charge in [0.1, 0.15) is 15.5 Å². The van der Waals surface area contributed by atoms with Gasteiger partial charge in [0.25, 0.3) is 0 Å². The van der Waals surface area contributed by atoms with E-state index < -0.39 is 9.73 Å². The van der Waals surface area contributed by atoms with Gasteiger partial charge in [-0.2, -0.15) is 5.26 Å². The second-order valence-electron chi connectivity index (χ2n) is 4.08. The van der Waals surface area contributed by atoms with Crippen molar-refractivity contribution in [3.63, 3.8) is 0 Å². The molecule has 1 unspecified atom stereocenters. The summed E-state index contributed by atoms with van der Waals surface area (Å²) in [5.74, 6) is 0.392. The minimum absolute atomic E-state index is 0.322. The van der Waals surface area contributed by atoms with E-state index in [1.54, 1.807) is 48.8 Å². The van der Waals surface area contributed by atoms with E-state index in [9.17, 15) is 4.21 Å². The summed E-state index contributed by atoms with van der Waals surface area (Å²) in [6.45, 7) is 0. The lowest BCUT2D eigenvalue weighted by Gasteiger charge is -2.09. The zero-order valence-corrected chi connectivity index (χ0v) is 13.2. The van der Waals surface area contributed by atoms with Crippen molar-refractivity contribution < 1.29 is 8.95 Å². The highest BCUT2D eigenvalue weighted by molar-refractivity contribution is 7.96. The molecule has 112 valence electrons. The summed E-state index contributed by atoms with van der Waals surface area (Å²) in [5.41, 5.74) is 0.444. The van der Waals surface area contributed by atoms with Crippen molar-refractivity contribution in [1.29, 1.82) is 5.26 Å². The highest BCUT2D eigenvalue weighted by Crippen LogP contribution is 2.27. The Balaban J connectivity index is 2.56. The van der Waals surface area contributed by atoms with Crippen LogP contribution in [-0.4, -0.2) is 16.3 Å². The summed E-state index contributed by atoms with van der Waals surface area (Å²) < 4.78 is 21.8. The molecule has 0 aliphatic rings. The van der Waals surface area contributed by atoms with Crippen LogP contribution in [-0.2, 0) is 9.73 Å². The van der Waals surface area contributed by atoms with Gasteiger partial charge in [-0.05, 0) is 30.3 Å². The molecule has 0 N–H and O–H groups in total. The van der Waals surface area contributed by atoms with Crippen LogP contribution in [0.5, 0.6) is 5.75 Å². The van der Waals surface area contributed by atoms with Gasteiger partial charge in [-0.1, -0.05) is 23.7 Å². The third-order valence-corrected chi connectivity index (χ3v) is 4.90. The molecular formula is C15H12ClN3O2S. The number of benzene rings is 1. The Morgan fingerprint density at radius 3 is 2.82 bits per heavy atom. The Labute approximate surface area is 134 Å². The molecule has 0 bridgehead atoms. The summed E-state index contributed by atoms with van der Waals surface area (Å²) in [7, 11) is -1.65. The Bertz CT molecular complexity index is 865. The van der Waals surface area contributed by atoms with Crippen molar-refractivity contribution in [2.24, 2.45) is 4.36 Å². The predicted octanol–water partition coefficient (Wildman–Crippen LogP) is 3.72. The molecule has 1 atom stereocenters. The average molecular weight is 334 g/mol. The van der Waals surface area contributed by atoms with Gasteiger partial charge in [-0.15, -0.1) is 4.36 Å². The summed E-state index contributed by atoms with van der Waals surface area (Å²) >= 11 is 6.01. The standard InChI is InChI=1S/C15H12ClN3O2S/c1-21-14-6-2-3-7-15(14)22(20,19-11-17)10-8-13-12(16)5-4-9-18-13/h2-10H,1H3/b10-8+. The number of ether oxygens (including phenoxy) is 1. The Morgan fingerprint density at radius 1 is 1.36 bits per heavy atom. The third kappa shape index (κ3) is 3.45. The fourth-order valence-electron chi connectivity index (χ4n) is 1.75. The van der Waals surface area contributed by atoms with Crippen LogP contribution in [0.2, 0.25) is 5.02 Å². The molecule has 2 rings (SSSR count). The smallest absolute Gasteiger partial charge is 0.215 e. The number of hydrogen-bond donors (Lipinski definition) is 0. The minimum atomic E-state index is -3.12. The summed E-state index contributed by atoms with van der Waals surface area (Å²) in [6.07, 6.45) is 4.65. The normalized spacial score (nSPS) is 13.3. The first-order valence-corrected chi connectivity index (χ1v) is 8.13. The van der Waals surface area contributed by atoms with E-state index in [1.807, 2.05) is 0 Å². The molecule has 2 aromatic rings. The molecule has 0 amide bonds. The van der Waals surface area contributed by atoms with Gasteiger partial charge in [-0.25, -0.2) is 4.21 Å². The van der Waals surface area contributed by atoms with E-state index in [-0.39, 0.29) is 0 Å². The number of hydrogen-bond acceptors (Lipinski definition) is 5. The number of aromatic nitrogens is 1. The molecule has 0 aliphatic carbocycles. The minimum Gasteiger partial charge on any atom is -0.495 e. The summed E-state index contributed by atoms with van der Waals surface area (Å²) in [4.78, 5) is 4.40. The van der Waals surface area contributed by atoms with E-state index in [0.717, 1.165) is 0 Å². The number of rotatable bonds is 4. The van der Waals surface area contributed by atoms with E-state index in [1.165, 1.54) is 18.6 Å². The number of pyridine rings is 1.